The lowest BCUT2D eigenvalue weighted by atomic mass is 10.1. The number of benzene rings is 1. The van der Waals surface area contributed by atoms with Crippen LogP contribution in [0.1, 0.15) is 22.3 Å². The van der Waals surface area contributed by atoms with Crippen LogP contribution in [0.15, 0.2) is 24.3 Å². The highest BCUT2D eigenvalue weighted by atomic mass is 32.2. The third-order valence-electron chi connectivity index (χ3n) is 3.07. The Balaban J connectivity index is 2.45. The molecule has 0 fully saturated rings. The van der Waals surface area contributed by atoms with E-state index in [9.17, 15) is 26.4 Å². The van der Waals surface area contributed by atoms with Crippen LogP contribution in [0.4, 0.5) is 13.2 Å². The molecule has 1 aromatic carbocycles. The van der Waals surface area contributed by atoms with Gasteiger partial charge in [0.05, 0.1) is 12.3 Å². The summed E-state index contributed by atoms with van der Waals surface area (Å²) in [6.45, 7) is -0.556. The van der Waals surface area contributed by atoms with E-state index in [1.807, 2.05) is 0 Å². The summed E-state index contributed by atoms with van der Waals surface area (Å²) < 4.78 is 59.0. The van der Waals surface area contributed by atoms with Gasteiger partial charge in [0.1, 0.15) is 0 Å². The molecule has 136 valence electrons. The Labute approximate surface area is 139 Å². The number of nitrogens with one attached hydrogen (secondary N) is 1. The standard InChI is InChI=1S/C15H21F3N2O3S/c1-20(11-15(16,17)18)8-4-7-19-14(21)13-6-3-5-12(9-13)10-24(2,22)23/h3,5-6,9H,4,7-8,10-11H2,1-2H3,(H,19,21). The molecule has 24 heavy (non-hydrogen) atoms. The Hall–Kier alpha value is -1.61. The predicted octanol–water partition coefficient (Wildman–Crippen LogP) is 1.85. The normalized spacial score (nSPS) is 12.4. The van der Waals surface area contributed by atoms with Gasteiger partial charge in [0.2, 0.25) is 0 Å². The van der Waals surface area contributed by atoms with Crippen LogP contribution in [0.3, 0.4) is 0 Å². The van der Waals surface area contributed by atoms with Gasteiger partial charge in [-0.1, -0.05) is 12.1 Å². The Morgan fingerprint density at radius 2 is 1.96 bits per heavy atom. The second-order valence-corrected chi connectivity index (χ2v) is 7.87. The summed E-state index contributed by atoms with van der Waals surface area (Å²) in [5.41, 5.74) is 0.829. The number of nitrogens with zero attached hydrogens (tertiary/aromatic N) is 1. The third-order valence-corrected chi connectivity index (χ3v) is 3.93. The Morgan fingerprint density at radius 3 is 2.54 bits per heavy atom. The average molecular weight is 366 g/mol. The molecule has 0 unspecified atom stereocenters. The summed E-state index contributed by atoms with van der Waals surface area (Å²) in [4.78, 5) is 13.1. The zero-order chi connectivity index (χ0) is 18.4. The molecule has 0 saturated carbocycles. The van der Waals surface area contributed by atoms with E-state index in [4.69, 9.17) is 0 Å². The van der Waals surface area contributed by atoms with Gasteiger partial charge in [0, 0.05) is 18.4 Å². The van der Waals surface area contributed by atoms with Crippen molar-refractivity contribution in [1.29, 1.82) is 0 Å². The van der Waals surface area contributed by atoms with Gasteiger partial charge < -0.3 is 5.32 Å². The van der Waals surface area contributed by atoms with Crippen LogP contribution in [0, 0.1) is 0 Å². The van der Waals surface area contributed by atoms with E-state index in [1.54, 1.807) is 18.2 Å². The summed E-state index contributed by atoms with van der Waals surface area (Å²) in [5.74, 6) is -0.542. The molecule has 0 bridgehead atoms. The average Bonchev–Trinajstić information content (AvgIpc) is 2.40. The van der Waals surface area contributed by atoms with E-state index in [2.05, 4.69) is 5.32 Å². The summed E-state index contributed by atoms with van der Waals surface area (Å²) >= 11 is 0. The second-order valence-electron chi connectivity index (χ2n) is 5.73. The van der Waals surface area contributed by atoms with Crippen LogP contribution in [0.2, 0.25) is 0 Å². The monoisotopic (exact) mass is 366 g/mol. The number of rotatable bonds is 8. The minimum Gasteiger partial charge on any atom is -0.352 e. The first-order valence-electron chi connectivity index (χ1n) is 7.26. The maximum absolute atomic E-state index is 12.2. The van der Waals surface area contributed by atoms with Gasteiger partial charge in [-0.05, 0) is 37.7 Å². The van der Waals surface area contributed by atoms with Gasteiger partial charge >= 0.3 is 6.18 Å². The summed E-state index contributed by atoms with van der Waals surface area (Å²) in [7, 11) is -1.83. The van der Waals surface area contributed by atoms with E-state index in [0.29, 0.717) is 17.5 Å². The van der Waals surface area contributed by atoms with Gasteiger partial charge in [0.25, 0.3) is 5.91 Å². The molecule has 1 N–H and O–H groups in total. The molecule has 0 saturated heterocycles. The smallest absolute Gasteiger partial charge is 0.352 e. The summed E-state index contributed by atoms with van der Waals surface area (Å²) in [6, 6.07) is 6.25. The molecule has 1 aromatic rings. The van der Waals surface area contributed by atoms with Crippen molar-refractivity contribution in [2.45, 2.75) is 18.3 Å². The number of carbonyl (C=O) groups is 1. The van der Waals surface area contributed by atoms with Gasteiger partial charge in [-0.3, -0.25) is 9.69 Å². The molecule has 0 aliphatic heterocycles. The van der Waals surface area contributed by atoms with E-state index < -0.39 is 22.6 Å². The molecule has 0 aliphatic rings. The minimum absolute atomic E-state index is 0.156. The van der Waals surface area contributed by atoms with E-state index in [-0.39, 0.29) is 24.7 Å². The summed E-state index contributed by atoms with van der Waals surface area (Å²) in [6.07, 6.45) is -2.75. The van der Waals surface area contributed by atoms with Crippen molar-refractivity contribution < 1.29 is 26.4 Å². The molecule has 0 aromatic heterocycles. The fraction of sp³-hybridized carbons (Fsp3) is 0.533. The Morgan fingerprint density at radius 1 is 1.29 bits per heavy atom. The van der Waals surface area contributed by atoms with Gasteiger partial charge in [-0.15, -0.1) is 0 Å². The highest BCUT2D eigenvalue weighted by Crippen LogP contribution is 2.15. The maximum Gasteiger partial charge on any atom is 0.401 e. The zero-order valence-corrected chi connectivity index (χ0v) is 14.4. The largest absolute Gasteiger partial charge is 0.401 e. The predicted molar refractivity (Wildman–Crippen MR) is 85.5 cm³/mol. The number of hydrogen-bond acceptors (Lipinski definition) is 4. The van der Waals surface area contributed by atoms with Crippen molar-refractivity contribution >= 4 is 15.7 Å². The lowest BCUT2D eigenvalue weighted by Crippen LogP contribution is -2.33. The van der Waals surface area contributed by atoms with E-state index >= 15 is 0 Å². The van der Waals surface area contributed by atoms with Crippen LogP contribution in [0.25, 0.3) is 0 Å². The molecule has 0 spiro atoms. The number of hydrogen-bond donors (Lipinski definition) is 1. The quantitative estimate of drug-likeness (QED) is 0.713. The van der Waals surface area contributed by atoms with Gasteiger partial charge in [-0.2, -0.15) is 13.2 Å². The fourth-order valence-electron chi connectivity index (χ4n) is 2.14. The van der Waals surface area contributed by atoms with Crippen molar-refractivity contribution in [2.75, 3.05) is 32.9 Å². The molecule has 0 radical (unpaired) electrons. The first-order valence-corrected chi connectivity index (χ1v) is 9.32. The molecule has 0 atom stereocenters. The van der Waals surface area contributed by atoms with Crippen molar-refractivity contribution in [3.8, 4) is 0 Å². The van der Waals surface area contributed by atoms with Crippen LogP contribution in [-0.4, -0.2) is 58.3 Å². The molecular weight excluding hydrogens is 345 g/mol. The van der Waals surface area contributed by atoms with Gasteiger partial charge in [-0.25, -0.2) is 8.42 Å². The molecule has 0 heterocycles. The molecule has 1 amide bonds. The Kier molecular flexibility index (Phi) is 7.22. The lowest BCUT2D eigenvalue weighted by molar-refractivity contribution is -0.143. The van der Waals surface area contributed by atoms with Crippen LogP contribution in [0.5, 0.6) is 0 Å². The maximum atomic E-state index is 12.2. The number of amides is 1. The van der Waals surface area contributed by atoms with Crippen molar-refractivity contribution in [1.82, 2.24) is 10.2 Å². The van der Waals surface area contributed by atoms with Crippen LogP contribution in [-0.2, 0) is 15.6 Å². The second kappa shape index (κ2) is 8.48. The summed E-state index contributed by atoms with van der Waals surface area (Å²) in [5, 5.41) is 2.61. The zero-order valence-electron chi connectivity index (χ0n) is 13.6. The molecule has 5 nitrogen and oxygen atoms in total. The van der Waals surface area contributed by atoms with Crippen LogP contribution >= 0.6 is 0 Å². The van der Waals surface area contributed by atoms with E-state index in [0.717, 1.165) is 11.2 Å². The van der Waals surface area contributed by atoms with Crippen molar-refractivity contribution in [3.63, 3.8) is 0 Å². The third kappa shape index (κ3) is 8.88. The van der Waals surface area contributed by atoms with Crippen LogP contribution < -0.4 is 5.32 Å². The number of alkyl halides is 3. The van der Waals surface area contributed by atoms with Crippen molar-refractivity contribution in [3.05, 3.63) is 35.4 Å². The van der Waals surface area contributed by atoms with E-state index in [1.165, 1.54) is 13.1 Å². The molecule has 0 aliphatic carbocycles. The van der Waals surface area contributed by atoms with Gasteiger partial charge in [0.15, 0.2) is 9.84 Å². The number of carbonyl (C=O) groups excluding carboxylic acids is 1. The molecule has 9 heteroatoms. The highest BCUT2D eigenvalue weighted by molar-refractivity contribution is 7.89. The first-order chi connectivity index (χ1) is 11.0. The van der Waals surface area contributed by atoms with Crippen molar-refractivity contribution in [2.24, 2.45) is 0 Å². The highest BCUT2D eigenvalue weighted by Gasteiger charge is 2.28. The molecular formula is C15H21F3N2O3S. The topological polar surface area (TPSA) is 66.5 Å². The molecule has 1 rings (SSSR count). The SMILES string of the molecule is CN(CCCNC(=O)c1cccc(CS(C)(=O)=O)c1)CC(F)(F)F. The Bertz CT molecular complexity index is 660. The fourth-order valence-corrected chi connectivity index (χ4v) is 2.93. The number of sulfone groups is 1. The first kappa shape index (κ1) is 20.4. The minimum atomic E-state index is -4.24. The lowest BCUT2D eigenvalue weighted by Gasteiger charge is -2.18. The number of halogens is 3.